The summed E-state index contributed by atoms with van der Waals surface area (Å²) in [5.41, 5.74) is 5.25. The molecule has 0 spiro atoms. The van der Waals surface area contributed by atoms with Gasteiger partial charge in [-0.3, -0.25) is 9.48 Å². The number of carbonyl (C=O) groups is 1. The van der Waals surface area contributed by atoms with Crippen molar-refractivity contribution in [3.63, 3.8) is 0 Å². The number of rotatable bonds is 6. The van der Waals surface area contributed by atoms with Gasteiger partial charge in [0.2, 0.25) is 0 Å². The van der Waals surface area contributed by atoms with Crippen LogP contribution in [0.3, 0.4) is 0 Å². The molecule has 1 atom stereocenters. The molecular formula is C19H29N4O+. The lowest BCUT2D eigenvalue weighted by Crippen LogP contribution is -3.08. The number of benzene rings is 1. The molecule has 0 radical (unpaired) electrons. The number of aromatic nitrogens is 2. The fraction of sp³-hybridized carbons (Fsp3) is 0.474. The molecule has 2 aromatic rings. The van der Waals surface area contributed by atoms with E-state index in [1.54, 1.807) is 4.68 Å². The predicted molar refractivity (Wildman–Crippen MR) is 97.3 cm³/mol. The van der Waals surface area contributed by atoms with E-state index in [0.717, 1.165) is 28.5 Å². The van der Waals surface area contributed by atoms with E-state index in [9.17, 15) is 4.79 Å². The van der Waals surface area contributed by atoms with E-state index in [-0.39, 0.29) is 5.91 Å². The summed E-state index contributed by atoms with van der Waals surface area (Å²) in [6.07, 6.45) is 0. The fourth-order valence-electron chi connectivity index (χ4n) is 2.84. The molecule has 0 bridgehead atoms. The van der Waals surface area contributed by atoms with Crippen molar-refractivity contribution in [1.82, 2.24) is 9.78 Å². The molecule has 0 aliphatic heterocycles. The molecule has 0 fully saturated rings. The standard InChI is InChI=1S/C19H28N4O/c1-13(2)17-9-7-16(8-10-17)11-22(5)12-18(24)20-19-14(3)21-23(6)15(19)4/h7-10,13H,11-12H2,1-6H3,(H,20,24)/p+1. The summed E-state index contributed by atoms with van der Waals surface area (Å²) in [7, 11) is 3.93. The summed E-state index contributed by atoms with van der Waals surface area (Å²) < 4.78 is 1.79. The van der Waals surface area contributed by atoms with Crippen molar-refractivity contribution in [1.29, 1.82) is 0 Å². The number of nitrogens with zero attached hydrogens (tertiary/aromatic N) is 2. The second kappa shape index (κ2) is 7.62. The van der Waals surface area contributed by atoms with Crippen LogP contribution >= 0.6 is 0 Å². The molecule has 0 aliphatic rings. The number of aryl methyl sites for hydroxylation is 2. The van der Waals surface area contributed by atoms with Crippen molar-refractivity contribution in [2.45, 2.75) is 40.2 Å². The van der Waals surface area contributed by atoms with Crippen molar-refractivity contribution in [3.8, 4) is 0 Å². The Morgan fingerprint density at radius 3 is 2.38 bits per heavy atom. The highest BCUT2D eigenvalue weighted by atomic mass is 16.2. The van der Waals surface area contributed by atoms with Crippen LogP contribution in [0.2, 0.25) is 0 Å². The van der Waals surface area contributed by atoms with Crippen molar-refractivity contribution in [2.24, 2.45) is 7.05 Å². The normalized spacial score (nSPS) is 12.5. The lowest BCUT2D eigenvalue weighted by atomic mass is 10.0. The average Bonchev–Trinajstić information content (AvgIpc) is 2.74. The minimum absolute atomic E-state index is 0.0190. The third-order valence-electron chi connectivity index (χ3n) is 4.39. The first-order valence-electron chi connectivity index (χ1n) is 8.48. The van der Waals surface area contributed by atoms with E-state index in [1.165, 1.54) is 11.1 Å². The maximum Gasteiger partial charge on any atom is 0.279 e. The number of nitrogens with one attached hydrogen (secondary N) is 2. The lowest BCUT2D eigenvalue weighted by molar-refractivity contribution is -0.885. The molecule has 1 unspecified atom stereocenters. The topological polar surface area (TPSA) is 51.4 Å². The Kier molecular flexibility index (Phi) is 5.78. The Morgan fingerprint density at radius 1 is 1.25 bits per heavy atom. The summed E-state index contributed by atoms with van der Waals surface area (Å²) in [6, 6.07) is 8.67. The molecule has 1 heterocycles. The number of likely N-dealkylation sites (N-methyl/N-ethyl adjacent to an activating group) is 1. The molecule has 0 saturated carbocycles. The third-order valence-corrected chi connectivity index (χ3v) is 4.39. The number of carbonyl (C=O) groups excluding carboxylic acids is 1. The Balaban J connectivity index is 1.91. The molecule has 5 heteroatoms. The summed E-state index contributed by atoms with van der Waals surface area (Å²) >= 11 is 0. The maximum atomic E-state index is 12.3. The van der Waals surface area contributed by atoms with Gasteiger partial charge in [0.25, 0.3) is 5.91 Å². The Bertz CT molecular complexity index is 701. The number of quaternary nitrogens is 1. The minimum Gasteiger partial charge on any atom is -0.326 e. The summed E-state index contributed by atoms with van der Waals surface area (Å²) in [4.78, 5) is 13.5. The van der Waals surface area contributed by atoms with Crippen LogP contribution in [0.25, 0.3) is 0 Å². The van der Waals surface area contributed by atoms with Crippen molar-refractivity contribution < 1.29 is 9.69 Å². The zero-order chi connectivity index (χ0) is 17.9. The third kappa shape index (κ3) is 4.45. The van der Waals surface area contributed by atoms with E-state index in [4.69, 9.17) is 0 Å². The Morgan fingerprint density at radius 2 is 1.88 bits per heavy atom. The summed E-state index contributed by atoms with van der Waals surface area (Å²) in [5, 5.41) is 7.33. The first-order chi connectivity index (χ1) is 11.3. The van der Waals surface area contributed by atoms with Crippen LogP contribution in [0, 0.1) is 13.8 Å². The fourth-order valence-corrected chi connectivity index (χ4v) is 2.84. The molecule has 1 aromatic carbocycles. The van der Waals surface area contributed by atoms with Crippen LogP contribution in [0.4, 0.5) is 5.69 Å². The van der Waals surface area contributed by atoms with Crippen molar-refractivity contribution >= 4 is 11.6 Å². The monoisotopic (exact) mass is 329 g/mol. The van der Waals surface area contributed by atoms with Gasteiger partial charge in [0, 0.05) is 12.6 Å². The van der Waals surface area contributed by atoms with Gasteiger partial charge in [0.05, 0.1) is 24.1 Å². The quantitative estimate of drug-likeness (QED) is 0.849. The first kappa shape index (κ1) is 18.2. The zero-order valence-electron chi connectivity index (χ0n) is 15.6. The molecule has 2 rings (SSSR count). The van der Waals surface area contributed by atoms with Gasteiger partial charge in [-0.15, -0.1) is 0 Å². The molecule has 5 nitrogen and oxygen atoms in total. The minimum atomic E-state index is 0.0190. The van der Waals surface area contributed by atoms with Crippen LogP contribution in [0.5, 0.6) is 0 Å². The van der Waals surface area contributed by atoms with Crippen LogP contribution in [0.15, 0.2) is 24.3 Å². The second-order valence-corrected chi connectivity index (χ2v) is 6.92. The number of hydrogen-bond donors (Lipinski definition) is 2. The molecule has 130 valence electrons. The first-order valence-corrected chi connectivity index (χ1v) is 8.48. The SMILES string of the molecule is Cc1nn(C)c(C)c1NC(=O)C[NH+](C)Cc1ccc(C(C)C)cc1. The van der Waals surface area contributed by atoms with Crippen LogP contribution < -0.4 is 10.2 Å². The molecule has 2 N–H and O–H groups in total. The highest BCUT2D eigenvalue weighted by molar-refractivity contribution is 5.92. The molecule has 24 heavy (non-hydrogen) atoms. The highest BCUT2D eigenvalue weighted by Gasteiger charge is 2.16. The summed E-state index contributed by atoms with van der Waals surface area (Å²) in [5.74, 6) is 0.561. The van der Waals surface area contributed by atoms with Crippen LogP contribution in [0.1, 0.15) is 42.3 Å². The summed E-state index contributed by atoms with van der Waals surface area (Å²) in [6.45, 7) is 9.52. The maximum absolute atomic E-state index is 12.3. The number of amides is 1. The lowest BCUT2D eigenvalue weighted by Gasteiger charge is -2.15. The number of anilines is 1. The molecular weight excluding hydrogens is 300 g/mol. The van der Waals surface area contributed by atoms with Crippen LogP contribution in [-0.2, 0) is 18.4 Å². The molecule has 1 amide bonds. The van der Waals surface area contributed by atoms with Gasteiger partial charge < -0.3 is 10.2 Å². The van der Waals surface area contributed by atoms with Gasteiger partial charge >= 0.3 is 0 Å². The van der Waals surface area contributed by atoms with Gasteiger partial charge in [-0.05, 0) is 25.3 Å². The van der Waals surface area contributed by atoms with E-state index < -0.39 is 0 Å². The van der Waals surface area contributed by atoms with E-state index in [2.05, 4.69) is 48.5 Å². The van der Waals surface area contributed by atoms with Gasteiger partial charge in [-0.2, -0.15) is 5.10 Å². The smallest absolute Gasteiger partial charge is 0.279 e. The molecule has 1 aromatic heterocycles. The second-order valence-electron chi connectivity index (χ2n) is 6.92. The van der Waals surface area contributed by atoms with Crippen LogP contribution in [-0.4, -0.2) is 29.3 Å². The predicted octanol–water partition coefficient (Wildman–Crippen LogP) is 1.81. The molecule has 0 aliphatic carbocycles. The Labute approximate surface area is 144 Å². The van der Waals surface area contributed by atoms with Gasteiger partial charge in [-0.1, -0.05) is 38.1 Å². The van der Waals surface area contributed by atoms with E-state index >= 15 is 0 Å². The Hall–Kier alpha value is -2.14. The highest BCUT2D eigenvalue weighted by Crippen LogP contribution is 2.17. The largest absolute Gasteiger partial charge is 0.326 e. The zero-order valence-corrected chi connectivity index (χ0v) is 15.6. The van der Waals surface area contributed by atoms with Gasteiger partial charge in [-0.25, -0.2) is 0 Å². The average molecular weight is 329 g/mol. The van der Waals surface area contributed by atoms with Crippen molar-refractivity contribution in [3.05, 3.63) is 46.8 Å². The van der Waals surface area contributed by atoms with E-state index in [1.807, 2.05) is 27.9 Å². The van der Waals surface area contributed by atoms with Crippen molar-refractivity contribution in [2.75, 3.05) is 18.9 Å². The van der Waals surface area contributed by atoms with Gasteiger partial charge in [0.1, 0.15) is 6.54 Å². The number of hydrogen-bond acceptors (Lipinski definition) is 2. The molecule has 0 saturated heterocycles. The van der Waals surface area contributed by atoms with Gasteiger partial charge in [0.15, 0.2) is 6.54 Å². The van der Waals surface area contributed by atoms with E-state index in [0.29, 0.717) is 12.5 Å².